The Morgan fingerprint density at radius 3 is 2.57 bits per heavy atom. The lowest BCUT2D eigenvalue weighted by Crippen LogP contribution is -2.62. The molecule has 4 rings (SSSR count). The number of hydrogen-bond donors (Lipinski definition) is 0. The van der Waals surface area contributed by atoms with Crippen LogP contribution in [0.2, 0.25) is 0 Å². The Morgan fingerprint density at radius 1 is 1.14 bits per heavy atom. The Labute approximate surface area is 262 Å². The highest BCUT2D eigenvalue weighted by molar-refractivity contribution is 5.97. The van der Waals surface area contributed by atoms with E-state index in [4.69, 9.17) is 9.47 Å². The molecule has 10 nitrogen and oxygen atoms in total. The van der Waals surface area contributed by atoms with Gasteiger partial charge in [0.1, 0.15) is 17.9 Å². The highest BCUT2D eigenvalue weighted by Crippen LogP contribution is 2.44. The van der Waals surface area contributed by atoms with Gasteiger partial charge in [-0.05, 0) is 84.2 Å². The molecule has 1 aromatic carbocycles. The normalized spacial score (nSPS) is 17.1. The molecule has 1 unspecified atom stereocenters. The maximum absolute atomic E-state index is 14.3. The summed E-state index contributed by atoms with van der Waals surface area (Å²) in [5, 5.41) is 8.23. The van der Waals surface area contributed by atoms with Gasteiger partial charge in [-0.2, -0.15) is 0 Å². The summed E-state index contributed by atoms with van der Waals surface area (Å²) in [6.07, 6.45) is 5.95. The van der Waals surface area contributed by atoms with Crippen LogP contribution in [0.5, 0.6) is 11.6 Å². The summed E-state index contributed by atoms with van der Waals surface area (Å²) in [7, 11) is 3.96. The molecule has 3 heterocycles. The molecule has 44 heavy (non-hydrogen) atoms. The van der Waals surface area contributed by atoms with E-state index in [9.17, 15) is 9.18 Å². The molecule has 2 aliphatic heterocycles. The monoisotopic (exact) mass is 613 g/mol. The summed E-state index contributed by atoms with van der Waals surface area (Å²) in [6.45, 7) is 17.8. The first-order valence-electron chi connectivity index (χ1n) is 16.2. The number of halogens is 1. The Hall–Kier alpha value is -2.89. The van der Waals surface area contributed by atoms with E-state index in [0.717, 1.165) is 58.7 Å². The van der Waals surface area contributed by atoms with Crippen LogP contribution >= 0.6 is 0 Å². The lowest BCUT2D eigenvalue weighted by Gasteiger charge is -2.53. The van der Waals surface area contributed by atoms with Crippen molar-refractivity contribution < 1.29 is 18.7 Å². The second-order valence-electron chi connectivity index (χ2n) is 13.2. The molecule has 0 bridgehead atoms. The van der Waals surface area contributed by atoms with Crippen LogP contribution in [0.3, 0.4) is 0 Å². The van der Waals surface area contributed by atoms with E-state index in [1.165, 1.54) is 37.4 Å². The highest BCUT2D eigenvalue weighted by Gasteiger charge is 2.50. The highest BCUT2D eigenvalue weighted by atomic mass is 19.1. The lowest BCUT2D eigenvalue weighted by atomic mass is 9.76. The number of amides is 1. The summed E-state index contributed by atoms with van der Waals surface area (Å²) in [5.74, 6) is 0.883. The van der Waals surface area contributed by atoms with Crippen molar-refractivity contribution in [2.24, 2.45) is 11.3 Å². The van der Waals surface area contributed by atoms with E-state index in [1.807, 2.05) is 20.8 Å². The van der Waals surface area contributed by atoms with Gasteiger partial charge in [-0.3, -0.25) is 9.69 Å². The summed E-state index contributed by atoms with van der Waals surface area (Å²) < 4.78 is 25.7. The molecule has 1 amide bonds. The number of methoxy groups -OCH3 is 1. The smallest absolute Gasteiger partial charge is 0.282 e. The number of anilines is 1. The van der Waals surface area contributed by atoms with Gasteiger partial charge in [0, 0.05) is 70.5 Å². The predicted molar refractivity (Wildman–Crippen MR) is 171 cm³/mol. The fourth-order valence-electron chi connectivity index (χ4n) is 6.82. The quantitative estimate of drug-likeness (QED) is 0.244. The number of hydrogen-bond acceptors (Lipinski definition) is 9. The van der Waals surface area contributed by atoms with E-state index in [0.29, 0.717) is 24.3 Å². The van der Waals surface area contributed by atoms with Gasteiger partial charge < -0.3 is 24.2 Å². The molecule has 0 radical (unpaired) electrons. The van der Waals surface area contributed by atoms with Gasteiger partial charge >= 0.3 is 0 Å². The van der Waals surface area contributed by atoms with Crippen LogP contribution in [0.25, 0.3) is 0 Å². The molecular formula is C33H52FN7O3. The average molecular weight is 614 g/mol. The third-order valence-electron chi connectivity index (χ3n) is 9.16. The van der Waals surface area contributed by atoms with Crippen LogP contribution in [0, 0.1) is 17.2 Å². The van der Waals surface area contributed by atoms with Gasteiger partial charge in [-0.1, -0.05) is 13.8 Å². The topological polar surface area (TPSA) is 87.2 Å². The number of carbonyl (C=O) groups is 1. The van der Waals surface area contributed by atoms with Crippen LogP contribution in [0.4, 0.5) is 10.2 Å². The third-order valence-corrected chi connectivity index (χ3v) is 9.16. The van der Waals surface area contributed by atoms with Crippen molar-refractivity contribution in [3.8, 4) is 11.6 Å². The summed E-state index contributed by atoms with van der Waals surface area (Å²) >= 11 is 0. The zero-order chi connectivity index (χ0) is 31.9. The molecule has 2 saturated heterocycles. The largest absolute Gasteiger partial charge is 0.434 e. The van der Waals surface area contributed by atoms with Crippen LogP contribution in [0.15, 0.2) is 24.5 Å². The van der Waals surface area contributed by atoms with Crippen molar-refractivity contribution in [3.05, 3.63) is 35.9 Å². The number of ether oxygens (including phenoxy) is 2. The Kier molecular flexibility index (Phi) is 11.9. The van der Waals surface area contributed by atoms with Crippen molar-refractivity contribution in [1.29, 1.82) is 0 Å². The number of nitrogens with zero attached hydrogens (tertiary/aromatic N) is 7. The van der Waals surface area contributed by atoms with Gasteiger partial charge in [0.2, 0.25) is 0 Å². The molecule has 2 aromatic rings. The van der Waals surface area contributed by atoms with E-state index in [-0.39, 0.29) is 34.6 Å². The zero-order valence-corrected chi connectivity index (χ0v) is 27.8. The molecule has 0 saturated carbocycles. The molecule has 1 aromatic heterocycles. The number of carbonyl (C=O) groups excluding carboxylic acids is 1. The van der Waals surface area contributed by atoms with Gasteiger partial charge in [-0.15, -0.1) is 10.2 Å². The van der Waals surface area contributed by atoms with Gasteiger partial charge in [-0.25, -0.2) is 9.37 Å². The van der Waals surface area contributed by atoms with Crippen molar-refractivity contribution in [3.63, 3.8) is 0 Å². The van der Waals surface area contributed by atoms with Gasteiger partial charge in [0.05, 0.1) is 5.56 Å². The minimum absolute atomic E-state index is 0.0390. The van der Waals surface area contributed by atoms with E-state index in [1.54, 1.807) is 12.0 Å². The SMILES string of the molecule is CCN(C(=O)c1cc(F)ccc1Oc1nncnc1N1CCC2(C1)CN(C(CCCN(C)CCCOC)C(C)C)C2)C(C)C. The first-order valence-corrected chi connectivity index (χ1v) is 16.2. The fraction of sp³-hybridized carbons (Fsp3) is 0.697. The standard InChI is InChI=1S/C33H52FN7O3/c1-8-41(25(4)5)32(42)27-19-26(34)12-13-29(27)44-31-30(35-23-36-37-31)39-17-14-33(20-39)21-40(22-33)28(24(2)3)11-9-15-38(6)16-10-18-43-7/h12-13,19,23-25,28H,8-11,14-18,20-22H2,1-7H3. The molecule has 1 spiro atoms. The van der Waals surface area contributed by atoms with Gasteiger partial charge in [0.15, 0.2) is 5.82 Å². The lowest BCUT2D eigenvalue weighted by molar-refractivity contribution is -0.0344. The van der Waals surface area contributed by atoms with Gasteiger partial charge in [0.25, 0.3) is 11.8 Å². The molecular weight excluding hydrogens is 561 g/mol. The maximum atomic E-state index is 14.3. The third kappa shape index (κ3) is 8.22. The Balaban J connectivity index is 1.39. The summed E-state index contributed by atoms with van der Waals surface area (Å²) in [5.41, 5.74) is 0.368. The molecule has 11 heteroatoms. The number of benzene rings is 1. The number of likely N-dealkylation sites (tertiary alicyclic amines) is 1. The van der Waals surface area contributed by atoms with Crippen LogP contribution in [-0.2, 0) is 4.74 Å². The van der Waals surface area contributed by atoms with Crippen molar-refractivity contribution >= 4 is 11.7 Å². The zero-order valence-electron chi connectivity index (χ0n) is 27.8. The fourth-order valence-corrected chi connectivity index (χ4v) is 6.82. The Bertz CT molecular complexity index is 1220. The molecule has 1 atom stereocenters. The first-order chi connectivity index (χ1) is 21.1. The second kappa shape index (κ2) is 15.4. The molecule has 0 aliphatic carbocycles. The molecule has 2 fully saturated rings. The molecule has 0 N–H and O–H groups in total. The second-order valence-corrected chi connectivity index (χ2v) is 13.2. The van der Waals surface area contributed by atoms with E-state index >= 15 is 0 Å². The van der Waals surface area contributed by atoms with E-state index in [2.05, 4.69) is 50.8 Å². The predicted octanol–water partition coefficient (Wildman–Crippen LogP) is 4.96. The minimum Gasteiger partial charge on any atom is -0.434 e. The number of aromatic nitrogens is 3. The first kappa shape index (κ1) is 34.0. The molecule has 2 aliphatic rings. The summed E-state index contributed by atoms with van der Waals surface area (Å²) in [6, 6.07) is 4.53. The average Bonchev–Trinajstić information content (AvgIpc) is 3.42. The van der Waals surface area contributed by atoms with Crippen molar-refractivity contribution in [1.82, 2.24) is 29.9 Å². The summed E-state index contributed by atoms with van der Waals surface area (Å²) in [4.78, 5) is 26.9. The molecule has 244 valence electrons. The minimum atomic E-state index is -0.497. The van der Waals surface area contributed by atoms with Crippen LogP contribution < -0.4 is 9.64 Å². The van der Waals surface area contributed by atoms with Crippen molar-refractivity contribution in [2.75, 3.05) is 71.5 Å². The van der Waals surface area contributed by atoms with Crippen molar-refractivity contribution in [2.45, 2.75) is 72.4 Å². The number of rotatable bonds is 16. The Morgan fingerprint density at radius 2 is 1.89 bits per heavy atom. The maximum Gasteiger partial charge on any atom is 0.282 e. The van der Waals surface area contributed by atoms with Crippen LogP contribution in [-0.4, -0.2) is 114 Å². The van der Waals surface area contributed by atoms with E-state index < -0.39 is 5.82 Å². The van der Waals surface area contributed by atoms with Crippen LogP contribution in [0.1, 0.15) is 70.7 Å².